The zero-order chi connectivity index (χ0) is 13.4. The molecular formula is C10H16ClN5O2. The molecule has 0 bridgehead atoms. The molecule has 0 aliphatic carbocycles. The topological polar surface area (TPSA) is 102 Å². The predicted octanol–water partition coefficient (Wildman–Crippen LogP) is 0.277. The van der Waals surface area contributed by atoms with E-state index in [1.54, 1.807) is 13.2 Å². The summed E-state index contributed by atoms with van der Waals surface area (Å²) in [6, 6.07) is 1.54. The fourth-order valence-corrected chi connectivity index (χ4v) is 1.40. The van der Waals surface area contributed by atoms with Gasteiger partial charge in [0.1, 0.15) is 11.0 Å². The van der Waals surface area contributed by atoms with Gasteiger partial charge < -0.3 is 21.1 Å². The van der Waals surface area contributed by atoms with E-state index in [4.69, 9.17) is 22.1 Å². The Kier molecular flexibility index (Phi) is 6.16. The zero-order valence-corrected chi connectivity index (χ0v) is 10.8. The summed E-state index contributed by atoms with van der Waals surface area (Å²) in [6.07, 6.45) is 0.325. The average Bonchev–Trinajstić information content (AvgIpc) is 2.28. The van der Waals surface area contributed by atoms with Crippen molar-refractivity contribution in [3.63, 3.8) is 0 Å². The highest BCUT2D eigenvalue weighted by Gasteiger charge is 2.02. The Morgan fingerprint density at radius 3 is 2.94 bits per heavy atom. The summed E-state index contributed by atoms with van der Waals surface area (Å²) in [7, 11) is 1.58. The fourth-order valence-electron chi connectivity index (χ4n) is 1.21. The molecule has 0 aliphatic rings. The van der Waals surface area contributed by atoms with E-state index in [1.807, 2.05) is 0 Å². The Hall–Kier alpha value is -1.60. The van der Waals surface area contributed by atoms with Crippen molar-refractivity contribution in [2.45, 2.75) is 6.42 Å². The molecule has 0 spiro atoms. The second-order valence-electron chi connectivity index (χ2n) is 3.45. The van der Waals surface area contributed by atoms with Crippen LogP contribution in [0.25, 0.3) is 0 Å². The lowest BCUT2D eigenvalue weighted by Crippen LogP contribution is -2.28. The molecule has 1 aromatic rings. The van der Waals surface area contributed by atoms with Crippen LogP contribution in [0.3, 0.4) is 0 Å². The van der Waals surface area contributed by atoms with Gasteiger partial charge in [-0.1, -0.05) is 11.6 Å². The molecule has 1 heterocycles. The molecule has 0 unspecified atom stereocenters. The quantitative estimate of drug-likeness (QED) is 0.487. The fraction of sp³-hybridized carbons (Fsp3) is 0.500. The summed E-state index contributed by atoms with van der Waals surface area (Å²) in [5, 5.41) is 5.90. The molecule has 4 N–H and O–H groups in total. The van der Waals surface area contributed by atoms with Crippen LogP contribution in [0.15, 0.2) is 6.07 Å². The lowest BCUT2D eigenvalue weighted by Gasteiger charge is -2.07. The molecule has 8 heteroatoms. The van der Waals surface area contributed by atoms with Crippen LogP contribution in [0.2, 0.25) is 5.15 Å². The molecule has 100 valence electrons. The number of methoxy groups -OCH3 is 1. The number of hydrogen-bond acceptors (Lipinski definition) is 6. The number of carbonyl (C=O) groups is 1. The summed E-state index contributed by atoms with van der Waals surface area (Å²) < 4.78 is 4.82. The smallest absolute Gasteiger partial charge is 0.223 e. The van der Waals surface area contributed by atoms with Crippen molar-refractivity contribution in [2.24, 2.45) is 0 Å². The normalized spacial score (nSPS) is 10.1. The minimum atomic E-state index is -0.0623. The highest BCUT2D eigenvalue weighted by atomic mass is 35.5. The van der Waals surface area contributed by atoms with Gasteiger partial charge in [0, 0.05) is 32.7 Å². The number of anilines is 2. The van der Waals surface area contributed by atoms with E-state index < -0.39 is 0 Å². The molecule has 0 radical (unpaired) electrons. The van der Waals surface area contributed by atoms with Crippen LogP contribution < -0.4 is 16.4 Å². The van der Waals surface area contributed by atoms with Gasteiger partial charge in [0.25, 0.3) is 0 Å². The van der Waals surface area contributed by atoms with Crippen LogP contribution in [0.4, 0.5) is 11.8 Å². The molecule has 0 fully saturated rings. The number of amides is 1. The number of nitrogens with zero attached hydrogens (tertiary/aromatic N) is 2. The molecule has 7 nitrogen and oxygen atoms in total. The minimum absolute atomic E-state index is 0.0623. The first-order valence-corrected chi connectivity index (χ1v) is 5.79. The van der Waals surface area contributed by atoms with Gasteiger partial charge in [-0.2, -0.15) is 4.98 Å². The van der Waals surface area contributed by atoms with Gasteiger partial charge >= 0.3 is 0 Å². The van der Waals surface area contributed by atoms with Gasteiger partial charge in [-0.05, 0) is 0 Å². The first kappa shape index (κ1) is 14.5. The van der Waals surface area contributed by atoms with Crippen molar-refractivity contribution >= 4 is 29.3 Å². The maximum Gasteiger partial charge on any atom is 0.223 e. The third-order valence-electron chi connectivity index (χ3n) is 2.00. The molecule has 0 aromatic carbocycles. The number of carbonyl (C=O) groups excluding carboxylic acids is 1. The molecule has 0 saturated heterocycles. The van der Waals surface area contributed by atoms with Crippen LogP contribution in [0.1, 0.15) is 6.42 Å². The monoisotopic (exact) mass is 273 g/mol. The Labute approximate surface area is 110 Å². The number of ether oxygens (including phenoxy) is 1. The van der Waals surface area contributed by atoms with Crippen molar-refractivity contribution < 1.29 is 9.53 Å². The van der Waals surface area contributed by atoms with Crippen molar-refractivity contribution in [1.29, 1.82) is 0 Å². The number of rotatable bonds is 7. The number of hydrogen-bond donors (Lipinski definition) is 3. The number of aromatic nitrogens is 2. The molecule has 18 heavy (non-hydrogen) atoms. The minimum Gasteiger partial charge on any atom is -0.383 e. The van der Waals surface area contributed by atoms with Gasteiger partial charge in [0.2, 0.25) is 11.9 Å². The average molecular weight is 274 g/mol. The number of nitrogen functional groups attached to an aromatic ring is 1. The Bertz CT molecular complexity index is 382. The maximum absolute atomic E-state index is 11.4. The van der Waals surface area contributed by atoms with Crippen LogP contribution in [0, 0.1) is 0 Å². The third-order valence-corrected chi connectivity index (χ3v) is 2.19. The highest BCUT2D eigenvalue weighted by Crippen LogP contribution is 2.11. The number of nitrogens with two attached hydrogens (primary N) is 1. The molecule has 0 aliphatic heterocycles. The van der Waals surface area contributed by atoms with E-state index in [1.165, 1.54) is 0 Å². The summed E-state index contributed by atoms with van der Waals surface area (Å²) in [5.74, 6) is 0.527. The second-order valence-corrected chi connectivity index (χ2v) is 3.84. The molecule has 1 aromatic heterocycles. The van der Waals surface area contributed by atoms with Crippen LogP contribution in [0.5, 0.6) is 0 Å². The second kappa shape index (κ2) is 7.67. The Morgan fingerprint density at radius 2 is 2.28 bits per heavy atom. The molecular weight excluding hydrogens is 258 g/mol. The number of nitrogens with one attached hydrogen (secondary N) is 2. The van der Waals surface area contributed by atoms with Gasteiger partial charge in [0.05, 0.1) is 6.61 Å². The highest BCUT2D eigenvalue weighted by molar-refractivity contribution is 6.29. The van der Waals surface area contributed by atoms with E-state index in [9.17, 15) is 4.79 Å². The van der Waals surface area contributed by atoms with Gasteiger partial charge in [-0.15, -0.1) is 0 Å². The van der Waals surface area contributed by atoms with E-state index >= 15 is 0 Å². The zero-order valence-electron chi connectivity index (χ0n) is 10.1. The molecule has 0 saturated carbocycles. The van der Waals surface area contributed by atoms with Crippen molar-refractivity contribution in [3.05, 3.63) is 11.2 Å². The van der Waals surface area contributed by atoms with Crippen LogP contribution in [-0.2, 0) is 9.53 Å². The van der Waals surface area contributed by atoms with Gasteiger partial charge in [-0.25, -0.2) is 4.98 Å². The molecule has 1 rings (SSSR count). The maximum atomic E-state index is 11.4. The van der Waals surface area contributed by atoms with E-state index in [0.717, 1.165) is 0 Å². The first-order valence-electron chi connectivity index (χ1n) is 5.41. The van der Waals surface area contributed by atoms with Gasteiger partial charge in [0.15, 0.2) is 0 Å². The Morgan fingerprint density at radius 1 is 1.50 bits per heavy atom. The summed E-state index contributed by atoms with van der Waals surface area (Å²) in [5.41, 5.74) is 5.43. The molecule has 0 atom stereocenters. The van der Waals surface area contributed by atoms with Crippen LogP contribution >= 0.6 is 11.6 Å². The standard InChI is InChI=1S/C10H16ClN5O2/c1-18-5-4-14-9(17)2-3-13-8-6-7(11)15-10(12)16-8/h6H,2-5H2,1H3,(H,14,17)(H3,12,13,15,16). The van der Waals surface area contributed by atoms with E-state index in [-0.39, 0.29) is 17.0 Å². The first-order chi connectivity index (χ1) is 8.61. The van der Waals surface area contributed by atoms with E-state index in [0.29, 0.717) is 31.9 Å². The third kappa shape index (κ3) is 5.65. The van der Waals surface area contributed by atoms with Crippen LogP contribution in [-0.4, -0.2) is 42.7 Å². The largest absolute Gasteiger partial charge is 0.383 e. The summed E-state index contributed by atoms with van der Waals surface area (Å²) in [4.78, 5) is 19.0. The number of halogens is 1. The van der Waals surface area contributed by atoms with Crippen molar-refractivity contribution in [1.82, 2.24) is 15.3 Å². The molecule has 1 amide bonds. The predicted molar refractivity (Wildman–Crippen MR) is 69.4 cm³/mol. The van der Waals surface area contributed by atoms with Crippen molar-refractivity contribution in [3.8, 4) is 0 Å². The lowest BCUT2D eigenvalue weighted by molar-refractivity contribution is -0.121. The van der Waals surface area contributed by atoms with Crippen molar-refractivity contribution in [2.75, 3.05) is 37.9 Å². The lowest BCUT2D eigenvalue weighted by atomic mass is 10.4. The van der Waals surface area contributed by atoms with E-state index in [2.05, 4.69) is 20.6 Å². The summed E-state index contributed by atoms with van der Waals surface area (Å²) in [6.45, 7) is 1.43. The SMILES string of the molecule is COCCNC(=O)CCNc1cc(Cl)nc(N)n1. The Balaban J connectivity index is 2.26. The van der Waals surface area contributed by atoms with Gasteiger partial charge in [-0.3, -0.25) is 4.79 Å². The summed E-state index contributed by atoms with van der Waals surface area (Å²) >= 11 is 5.71.